The molecule has 4 rings (SSSR count). The van der Waals surface area contributed by atoms with Gasteiger partial charge in [0.15, 0.2) is 5.76 Å². The number of furan rings is 1. The number of aromatic nitrogens is 1. The van der Waals surface area contributed by atoms with Gasteiger partial charge in [-0.15, -0.1) is 0 Å². The molecule has 27 heavy (non-hydrogen) atoms. The predicted octanol–water partition coefficient (Wildman–Crippen LogP) is 6.93. The van der Waals surface area contributed by atoms with Gasteiger partial charge in [-0.25, -0.2) is 9.78 Å². The van der Waals surface area contributed by atoms with Crippen molar-refractivity contribution < 1.29 is 14.3 Å². The molecule has 2 aromatic heterocycles. The van der Waals surface area contributed by atoms with Crippen LogP contribution in [0.1, 0.15) is 10.4 Å². The molecule has 0 spiro atoms. The number of hydrogen-bond acceptors (Lipinski definition) is 3. The molecule has 1 N–H and O–H groups in total. The summed E-state index contributed by atoms with van der Waals surface area (Å²) in [6.45, 7) is 0. The number of hydrogen-bond donors (Lipinski definition) is 1. The van der Waals surface area contributed by atoms with E-state index in [0.29, 0.717) is 43.7 Å². The van der Waals surface area contributed by atoms with Crippen LogP contribution in [-0.2, 0) is 0 Å². The second-order valence-corrected chi connectivity index (χ2v) is 7.57. The first-order chi connectivity index (χ1) is 12.9. The third kappa shape index (κ3) is 3.46. The number of rotatable bonds is 3. The molecule has 134 valence electrons. The van der Waals surface area contributed by atoms with E-state index in [2.05, 4.69) is 20.9 Å². The molecule has 7 heteroatoms. The Morgan fingerprint density at radius 3 is 2.52 bits per heavy atom. The molecule has 0 amide bonds. The Labute approximate surface area is 172 Å². The molecule has 0 radical (unpaired) electrons. The fourth-order valence-electron chi connectivity index (χ4n) is 2.81. The van der Waals surface area contributed by atoms with Crippen LogP contribution in [0.25, 0.3) is 33.7 Å². The summed E-state index contributed by atoms with van der Waals surface area (Å²) < 4.78 is 6.67. The van der Waals surface area contributed by atoms with Crippen LogP contribution in [0.15, 0.2) is 63.5 Å². The van der Waals surface area contributed by atoms with Gasteiger partial charge in [0.1, 0.15) is 11.5 Å². The van der Waals surface area contributed by atoms with E-state index < -0.39 is 5.97 Å². The second-order valence-electron chi connectivity index (χ2n) is 5.81. The number of benzene rings is 2. The average molecular weight is 463 g/mol. The molecule has 0 unspecified atom stereocenters. The van der Waals surface area contributed by atoms with Crippen LogP contribution in [0, 0.1) is 0 Å². The van der Waals surface area contributed by atoms with Gasteiger partial charge in [0.05, 0.1) is 16.1 Å². The van der Waals surface area contributed by atoms with E-state index in [4.69, 9.17) is 27.6 Å². The van der Waals surface area contributed by atoms with Gasteiger partial charge < -0.3 is 9.52 Å². The molecule has 4 nitrogen and oxygen atoms in total. The first-order valence-electron chi connectivity index (χ1n) is 7.81. The van der Waals surface area contributed by atoms with Gasteiger partial charge in [-0.2, -0.15) is 0 Å². The Kier molecular flexibility index (Phi) is 4.68. The first-order valence-corrected chi connectivity index (χ1v) is 9.36. The van der Waals surface area contributed by atoms with Crippen LogP contribution in [-0.4, -0.2) is 16.1 Å². The summed E-state index contributed by atoms with van der Waals surface area (Å²) in [7, 11) is 0. The predicted molar refractivity (Wildman–Crippen MR) is 110 cm³/mol. The van der Waals surface area contributed by atoms with Crippen molar-refractivity contribution in [3.8, 4) is 22.8 Å². The Bertz CT molecular complexity index is 1200. The first kappa shape index (κ1) is 18.0. The minimum atomic E-state index is -1.03. The van der Waals surface area contributed by atoms with Gasteiger partial charge in [-0.05, 0) is 54.6 Å². The number of carboxylic acids is 1. The highest BCUT2D eigenvalue weighted by atomic mass is 79.9. The lowest BCUT2D eigenvalue weighted by molar-refractivity contribution is 0.0699. The Morgan fingerprint density at radius 2 is 1.78 bits per heavy atom. The number of nitrogens with zero attached hydrogens (tertiary/aromatic N) is 1. The van der Waals surface area contributed by atoms with Crippen molar-refractivity contribution in [2.24, 2.45) is 0 Å². The Morgan fingerprint density at radius 1 is 1.00 bits per heavy atom. The van der Waals surface area contributed by atoms with E-state index in [1.54, 1.807) is 42.5 Å². The topological polar surface area (TPSA) is 63.3 Å². The van der Waals surface area contributed by atoms with Crippen LogP contribution in [0.3, 0.4) is 0 Å². The van der Waals surface area contributed by atoms with E-state index in [9.17, 15) is 9.90 Å². The summed E-state index contributed by atoms with van der Waals surface area (Å²) >= 11 is 15.5. The molecule has 2 heterocycles. The lowest BCUT2D eigenvalue weighted by atomic mass is 10.1. The van der Waals surface area contributed by atoms with Gasteiger partial charge in [0, 0.05) is 20.4 Å². The highest BCUT2D eigenvalue weighted by Crippen LogP contribution is 2.35. The second kappa shape index (κ2) is 7.00. The molecule has 0 aliphatic rings. The number of pyridine rings is 1. The highest BCUT2D eigenvalue weighted by molar-refractivity contribution is 9.10. The molecule has 4 aromatic rings. The van der Waals surface area contributed by atoms with Crippen LogP contribution in [0.4, 0.5) is 0 Å². The van der Waals surface area contributed by atoms with Crippen molar-refractivity contribution >= 4 is 56.0 Å². The van der Waals surface area contributed by atoms with Crippen molar-refractivity contribution in [1.82, 2.24) is 4.98 Å². The van der Waals surface area contributed by atoms with Crippen LogP contribution < -0.4 is 0 Å². The number of carbonyl (C=O) groups is 1. The lowest BCUT2D eigenvalue weighted by Crippen LogP contribution is -2.00. The zero-order chi connectivity index (χ0) is 19.1. The SMILES string of the molecule is O=C(O)c1cc(-c2ccc(-c3ccc(Cl)cc3Cl)o2)nc2ccc(Br)cc12. The molecule has 2 aromatic carbocycles. The van der Waals surface area contributed by atoms with Gasteiger partial charge in [-0.3, -0.25) is 0 Å². The van der Waals surface area contributed by atoms with E-state index in [-0.39, 0.29) is 5.56 Å². The maximum Gasteiger partial charge on any atom is 0.336 e. The molecule has 0 saturated carbocycles. The summed E-state index contributed by atoms with van der Waals surface area (Å²) in [5.74, 6) is -0.0427. The number of halogens is 3. The fraction of sp³-hybridized carbons (Fsp3) is 0. The third-order valence-electron chi connectivity index (χ3n) is 4.06. The molecular formula is C20H10BrCl2NO3. The maximum absolute atomic E-state index is 11.7. The van der Waals surface area contributed by atoms with Gasteiger partial charge in [0.2, 0.25) is 0 Å². The quantitative estimate of drug-likeness (QED) is 0.358. The Balaban J connectivity index is 1.85. The van der Waals surface area contributed by atoms with Crippen LogP contribution >= 0.6 is 39.1 Å². The minimum Gasteiger partial charge on any atom is -0.478 e. The average Bonchev–Trinajstić information content (AvgIpc) is 3.10. The summed E-state index contributed by atoms with van der Waals surface area (Å²) in [6.07, 6.45) is 0. The van der Waals surface area contributed by atoms with Crippen molar-refractivity contribution in [2.45, 2.75) is 0 Å². The number of fused-ring (bicyclic) bond motifs is 1. The number of aromatic carboxylic acids is 1. The summed E-state index contributed by atoms with van der Waals surface area (Å²) in [5, 5.41) is 11.1. The zero-order valence-corrected chi connectivity index (χ0v) is 16.6. The van der Waals surface area contributed by atoms with Crippen molar-refractivity contribution in [1.29, 1.82) is 0 Å². The minimum absolute atomic E-state index is 0.152. The highest BCUT2D eigenvalue weighted by Gasteiger charge is 2.16. The maximum atomic E-state index is 11.7. The molecule has 0 aliphatic carbocycles. The lowest BCUT2D eigenvalue weighted by Gasteiger charge is -2.06. The molecule has 0 bridgehead atoms. The molecule has 0 atom stereocenters. The van der Waals surface area contributed by atoms with Crippen molar-refractivity contribution in [2.75, 3.05) is 0 Å². The van der Waals surface area contributed by atoms with Gasteiger partial charge in [-0.1, -0.05) is 39.1 Å². The van der Waals surface area contributed by atoms with Gasteiger partial charge >= 0.3 is 5.97 Å². The zero-order valence-electron chi connectivity index (χ0n) is 13.5. The Hall–Kier alpha value is -2.34. The van der Waals surface area contributed by atoms with E-state index >= 15 is 0 Å². The smallest absolute Gasteiger partial charge is 0.336 e. The van der Waals surface area contributed by atoms with Crippen molar-refractivity contribution in [3.05, 3.63) is 74.7 Å². The largest absolute Gasteiger partial charge is 0.478 e. The summed E-state index contributed by atoms with van der Waals surface area (Å²) in [5.41, 5.74) is 1.84. The van der Waals surface area contributed by atoms with E-state index in [1.807, 2.05) is 6.07 Å². The molecule has 0 fully saturated rings. The molecular weight excluding hydrogens is 453 g/mol. The van der Waals surface area contributed by atoms with Crippen LogP contribution in [0.2, 0.25) is 10.0 Å². The van der Waals surface area contributed by atoms with Crippen LogP contribution in [0.5, 0.6) is 0 Å². The number of carboxylic acid groups (broad SMARTS) is 1. The van der Waals surface area contributed by atoms with Gasteiger partial charge in [0.25, 0.3) is 0 Å². The normalized spacial score (nSPS) is 11.1. The monoisotopic (exact) mass is 461 g/mol. The third-order valence-corrected chi connectivity index (χ3v) is 5.10. The molecule has 0 saturated heterocycles. The summed E-state index contributed by atoms with van der Waals surface area (Å²) in [4.78, 5) is 16.3. The summed E-state index contributed by atoms with van der Waals surface area (Å²) in [6, 6.07) is 15.4. The molecule has 0 aliphatic heterocycles. The van der Waals surface area contributed by atoms with E-state index in [1.165, 1.54) is 6.07 Å². The van der Waals surface area contributed by atoms with E-state index in [0.717, 1.165) is 4.47 Å². The van der Waals surface area contributed by atoms with Crippen molar-refractivity contribution in [3.63, 3.8) is 0 Å². The fourth-order valence-corrected chi connectivity index (χ4v) is 3.67. The standard InChI is InChI=1S/C20H10BrCl2NO3/c21-10-1-4-16-13(7-10)14(20(25)26)9-17(24-16)19-6-5-18(27-19)12-3-2-11(22)8-15(12)23/h1-9H,(H,25,26).